The van der Waals surface area contributed by atoms with E-state index in [0.717, 1.165) is 36.3 Å². The lowest BCUT2D eigenvalue weighted by Gasteiger charge is -2.22. The number of hydrogen-bond acceptors (Lipinski definition) is 4. The van der Waals surface area contributed by atoms with Crippen molar-refractivity contribution in [2.45, 2.75) is 26.7 Å². The second kappa shape index (κ2) is 11.5. The molecule has 2 aromatic carbocycles. The second-order valence-corrected chi connectivity index (χ2v) is 8.36. The number of benzene rings is 2. The number of carbonyl (C=O) groups excluding carboxylic acids is 2. The van der Waals surface area contributed by atoms with Gasteiger partial charge in [-0.05, 0) is 30.5 Å². The number of rotatable bonds is 7. The molecule has 166 valence electrons. The van der Waals surface area contributed by atoms with Crippen LogP contribution in [0.4, 0.5) is 10.5 Å². The van der Waals surface area contributed by atoms with Crippen molar-refractivity contribution in [3.05, 3.63) is 54.6 Å². The first kappa shape index (κ1) is 22.8. The first-order valence-corrected chi connectivity index (χ1v) is 11.1. The highest BCUT2D eigenvalue weighted by atomic mass is 16.6. The van der Waals surface area contributed by atoms with Crippen molar-refractivity contribution in [2.75, 3.05) is 44.6 Å². The Morgan fingerprint density at radius 3 is 2.48 bits per heavy atom. The third-order valence-corrected chi connectivity index (χ3v) is 5.33. The van der Waals surface area contributed by atoms with Crippen LogP contribution in [0, 0.1) is 5.92 Å². The topological polar surface area (TPSA) is 61.9 Å². The first-order valence-electron chi connectivity index (χ1n) is 11.1. The van der Waals surface area contributed by atoms with Crippen molar-refractivity contribution in [3.8, 4) is 11.1 Å². The highest BCUT2D eigenvalue weighted by Gasteiger charge is 2.21. The largest absolute Gasteiger partial charge is 0.449 e. The molecule has 6 heteroatoms. The summed E-state index contributed by atoms with van der Waals surface area (Å²) in [6.45, 7) is 8.14. The molecule has 3 rings (SSSR count). The molecule has 0 saturated carbocycles. The Labute approximate surface area is 185 Å². The summed E-state index contributed by atoms with van der Waals surface area (Å²) in [5.74, 6) is 0.332. The smallest absolute Gasteiger partial charge is 0.409 e. The van der Waals surface area contributed by atoms with Gasteiger partial charge >= 0.3 is 6.09 Å². The van der Waals surface area contributed by atoms with Gasteiger partial charge in [-0.1, -0.05) is 62.4 Å². The number of nitrogens with zero attached hydrogens (tertiary/aromatic N) is 2. The van der Waals surface area contributed by atoms with E-state index in [2.05, 4.69) is 10.2 Å². The van der Waals surface area contributed by atoms with Gasteiger partial charge in [0.1, 0.15) is 0 Å². The van der Waals surface area contributed by atoms with Crippen LogP contribution in [0.5, 0.6) is 0 Å². The predicted octanol–water partition coefficient (Wildman–Crippen LogP) is 4.48. The molecule has 0 aliphatic carbocycles. The lowest BCUT2D eigenvalue weighted by atomic mass is 10.0. The van der Waals surface area contributed by atoms with E-state index < -0.39 is 0 Å². The summed E-state index contributed by atoms with van der Waals surface area (Å²) >= 11 is 0. The van der Waals surface area contributed by atoms with Crippen molar-refractivity contribution >= 4 is 17.7 Å². The van der Waals surface area contributed by atoms with Gasteiger partial charge in [-0.2, -0.15) is 0 Å². The molecule has 2 amide bonds. The van der Waals surface area contributed by atoms with Crippen molar-refractivity contribution in [3.63, 3.8) is 0 Å². The molecule has 1 fully saturated rings. The average molecular weight is 424 g/mol. The molecule has 0 aromatic heterocycles. The highest BCUT2D eigenvalue weighted by molar-refractivity contribution is 5.95. The molecule has 0 atom stereocenters. The molecule has 0 unspecified atom stereocenters. The van der Waals surface area contributed by atoms with E-state index >= 15 is 0 Å². The summed E-state index contributed by atoms with van der Waals surface area (Å²) in [6, 6.07) is 17.9. The molecule has 1 aliphatic heterocycles. The Morgan fingerprint density at radius 2 is 1.71 bits per heavy atom. The van der Waals surface area contributed by atoms with E-state index in [4.69, 9.17) is 4.74 Å². The summed E-state index contributed by atoms with van der Waals surface area (Å²) in [5, 5.41) is 3.07. The number of carbonyl (C=O) groups is 2. The minimum absolute atomic E-state index is 0.000766. The van der Waals surface area contributed by atoms with Crippen LogP contribution in [0.15, 0.2) is 54.6 Å². The molecule has 0 radical (unpaired) electrons. The third kappa shape index (κ3) is 7.10. The third-order valence-electron chi connectivity index (χ3n) is 5.33. The van der Waals surface area contributed by atoms with Gasteiger partial charge in [0, 0.05) is 43.9 Å². The number of nitrogens with one attached hydrogen (secondary N) is 1. The van der Waals surface area contributed by atoms with Gasteiger partial charge in [0.05, 0.1) is 6.61 Å². The minimum Gasteiger partial charge on any atom is -0.449 e. The van der Waals surface area contributed by atoms with Crippen molar-refractivity contribution in [1.29, 1.82) is 0 Å². The molecule has 1 N–H and O–H groups in total. The minimum atomic E-state index is -0.231. The van der Waals surface area contributed by atoms with Crippen LogP contribution in [0.1, 0.15) is 26.7 Å². The predicted molar refractivity (Wildman–Crippen MR) is 124 cm³/mol. The summed E-state index contributed by atoms with van der Waals surface area (Å²) in [7, 11) is 0. The summed E-state index contributed by atoms with van der Waals surface area (Å²) in [6.07, 6.45) is 1.07. The summed E-state index contributed by atoms with van der Waals surface area (Å²) in [4.78, 5) is 28.8. The molecule has 1 heterocycles. The number of amides is 2. The molecular formula is C25H33N3O3. The van der Waals surface area contributed by atoms with Gasteiger partial charge < -0.3 is 19.9 Å². The first-order chi connectivity index (χ1) is 15.0. The summed E-state index contributed by atoms with van der Waals surface area (Å²) < 4.78 is 5.35. The quantitative estimate of drug-likeness (QED) is 0.713. The zero-order valence-electron chi connectivity index (χ0n) is 18.5. The van der Waals surface area contributed by atoms with Crippen LogP contribution in [-0.2, 0) is 9.53 Å². The number of anilines is 1. The van der Waals surface area contributed by atoms with Crippen LogP contribution < -0.4 is 5.32 Å². The molecule has 2 aromatic rings. The number of ether oxygens (including phenoxy) is 1. The Balaban J connectivity index is 1.48. The lowest BCUT2D eigenvalue weighted by Crippen LogP contribution is -2.36. The van der Waals surface area contributed by atoms with E-state index in [-0.39, 0.29) is 12.0 Å². The molecule has 6 nitrogen and oxygen atoms in total. The van der Waals surface area contributed by atoms with Gasteiger partial charge in [-0.25, -0.2) is 4.79 Å². The average Bonchev–Trinajstić information content (AvgIpc) is 3.03. The molecule has 1 saturated heterocycles. The fourth-order valence-corrected chi connectivity index (χ4v) is 3.64. The van der Waals surface area contributed by atoms with Gasteiger partial charge in [0.15, 0.2) is 0 Å². The molecule has 31 heavy (non-hydrogen) atoms. The van der Waals surface area contributed by atoms with Crippen LogP contribution in [-0.4, -0.2) is 61.1 Å². The van der Waals surface area contributed by atoms with E-state index in [1.54, 1.807) is 4.90 Å². The molecule has 0 bridgehead atoms. The Kier molecular flexibility index (Phi) is 8.47. The van der Waals surface area contributed by atoms with E-state index in [0.29, 0.717) is 38.6 Å². The maximum atomic E-state index is 12.6. The number of hydrogen-bond donors (Lipinski definition) is 1. The van der Waals surface area contributed by atoms with Gasteiger partial charge in [-0.15, -0.1) is 0 Å². The Morgan fingerprint density at radius 1 is 0.968 bits per heavy atom. The fourth-order valence-electron chi connectivity index (χ4n) is 3.64. The van der Waals surface area contributed by atoms with E-state index in [9.17, 15) is 9.59 Å². The van der Waals surface area contributed by atoms with Crippen LogP contribution in [0.2, 0.25) is 0 Å². The standard InChI is InChI=1S/C25H33N3O3/c1-20(2)19-31-25(30)28-15-8-14-27(17-18-28)16-13-24(29)26-23-12-7-6-11-22(23)21-9-4-3-5-10-21/h3-7,9-12,20H,8,13-19H2,1-2H3,(H,26,29). The number of para-hydroxylation sites is 1. The Bertz CT molecular complexity index is 854. The van der Waals surface area contributed by atoms with Gasteiger partial charge in [0.2, 0.25) is 5.91 Å². The monoisotopic (exact) mass is 423 g/mol. The van der Waals surface area contributed by atoms with Crippen molar-refractivity contribution in [1.82, 2.24) is 9.80 Å². The molecule has 0 spiro atoms. The lowest BCUT2D eigenvalue weighted by molar-refractivity contribution is -0.116. The highest BCUT2D eigenvalue weighted by Crippen LogP contribution is 2.27. The normalized spacial score (nSPS) is 14.9. The fraction of sp³-hybridized carbons (Fsp3) is 0.440. The molecular weight excluding hydrogens is 390 g/mol. The summed E-state index contributed by atoms with van der Waals surface area (Å²) in [5.41, 5.74) is 2.92. The van der Waals surface area contributed by atoms with Gasteiger partial charge in [0.25, 0.3) is 0 Å². The zero-order valence-corrected chi connectivity index (χ0v) is 18.5. The van der Waals surface area contributed by atoms with E-state index in [1.807, 2.05) is 68.4 Å². The second-order valence-electron chi connectivity index (χ2n) is 8.36. The Hall–Kier alpha value is -2.86. The molecule has 1 aliphatic rings. The maximum Gasteiger partial charge on any atom is 0.409 e. The van der Waals surface area contributed by atoms with Gasteiger partial charge in [-0.3, -0.25) is 4.79 Å². The van der Waals surface area contributed by atoms with Crippen molar-refractivity contribution < 1.29 is 14.3 Å². The van der Waals surface area contributed by atoms with E-state index in [1.165, 1.54) is 0 Å². The SMILES string of the molecule is CC(C)COC(=O)N1CCCN(CCC(=O)Nc2ccccc2-c2ccccc2)CC1. The van der Waals surface area contributed by atoms with Crippen LogP contribution in [0.3, 0.4) is 0 Å². The van der Waals surface area contributed by atoms with Crippen LogP contribution >= 0.6 is 0 Å². The zero-order chi connectivity index (χ0) is 22.1. The van der Waals surface area contributed by atoms with Crippen LogP contribution in [0.25, 0.3) is 11.1 Å². The maximum absolute atomic E-state index is 12.6. The van der Waals surface area contributed by atoms with Crippen molar-refractivity contribution in [2.24, 2.45) is 5.92 Å².